The smallest absolute Gasteiger partial charge is 0.253 e. The summed E-state index contributed by atoms with van der Waals surface area (Å²) < 4.78 is 0. The lowest BCUT2D eigenvalue weighted by atomic mass is 10.0. The van der Waals surface area contributed by atoms with Gasteiger partial charge in [-0.2, -0.15) is 11.8 Å². The summed E-state index contributed by atoms with van der Waals surface area (Å²) in [5.41, 5.74) is 0.315. The standard InChI is InChI=1S/C12H15ClN2O2S/c1-8-9(2-3-10(13)15-8)11(16)14-6-12(17)4-5-18-7-12/h2-3,17H,4-7H2,1H3,(H,14,16). The number of aryl methyl sites for hydroxylation is 1. The molecule has 0 saturated carbocycles. The van der Waals surface area contributed by atoms with E-state index < -0.39 is 5.60 Å². The minimum absolute atomic E-state index is 0.220. The van der Waals surface area contributed by atoms with Crippen molar-refractivity contribution in [3.05, 3.63) is 28.5 Å². The second kappa shape index (κ2) is 5.47. The van der Waals surface area contributed by atoms with Crippen LogP contribution in [0.4, 0.5) is 0 Å². The van der Waals surface area contributed by atoms with Crippen LogP contribution in [0, 0.1) is 6.92 Å². The lowest BCUT2D eigenvalue weighted by molar-refractivity contribution is 0.0612. The fourth-order valence-corrected chi connectivity index (χ4v) is 3.33. The summed E-state index contributed by atoms with van der Waals surface area (Å²) in [6.07, 6.45) is 0.718. The molecule has 1 atom stereocenters. The molecule has 0 bridgehead atoms. The number of rotatable bonds is 3. The molecular weight excluding hydrogens is 272 g/mol. The van der Waals surface area contributed by atoms with Crippen molar-refractivity contribution in [2.24, 2.45) is 0 Å². The van der Waals surface area contributed by atoms with Gasteiger partial charge in [0.05, 0.1) is 16.9 Å². The molecule has 2 heterocycles. The molecule has 6 heteroatoms. The topological polar surface area (TPSA) is 62.2 Å². The van der Waals surface area contributed by atoms with Gasteiger partial charge in [0.25, 0.3) is 5.91 Å². The maximum Gasteiger partial charge on any atom is 0.253 e. The molecule has 1 unspecified atom stereocenters. The number of halogens is 1. The van der Waals surface area contributed by atoms with Crippen LogP contribution >= 0.6 is 23.4 Å². The first-order valence-electron chi connectivity index (χ1n) is 5.72. The van der Waals surface area contributed by atoms with Crippen molar-refractivity contribution in [2.45, 2.75) is 18.9 Å². The highest BCUT2D eigenvalue weighted by Gasteiger charge is 2.32. The zero-order chi connectivity index (χ0) is 13.2. The van der Waals surface area contributed by atoms with E-state index in [2.05, 4.69) is 10.3 Å². The number of carbonyl (C=O) groups excluding carboxylic acids is 1. The molecule has 1 aromatic rings. The molecule has 1 saturated heterocycles. The summed E-state index contributed by atoms with van der Waals surface area (Å²) in [7, 11) is 0. The van der Waals surface area contributed by atoms with Crippen LogP contribution in [-0.4, -0.2) is 39.6 Å². The van der Waals surface area contributed by atoms with E-state index in [1.165, 1.54) is 0 Å². The van der Waals surface area contributed by atoms with Gasteiger partial charge in [-0.15, -0.1) is 0 Å². The van der Waals surface area contributed by atoms with Crippen molar-refractivity contribution >= 4 is 29.3 Å². The fourth-order valence-electron chi connectivity index (χ4n) is 1.85. The molecule has 1 aromatic heterocycles. The van der Waals surface area contributed by atoms with Crippen LogP contribution in [0.3, 0.4) is 0 Å². The Hall–Kier alpha value is -0.780. The summed E-state index contributed by atoms with van der Waals surface area (Å²) in [6, 6.07) is 3.23. The number of amides is 1. The molecule has 0 aromatic carbocycles. The second-order valence-electron chi connectivity index (χ2n) is 4.48. The van der Waals surface area contributed by atoms with E-state index in [0.717, 1.165) is 12.2 Å². The van der Waals surface area contributed by atoms with Gasteiger partial charge in [0.1, 0.15) is 5.15 Å². The Morgan fingerprint density at radius 3 is 3.06 bits per heavy atom. The third-order valence-electron chi connectivity index (χ3n) is 2.96. The Kier molecular flexibility index (Phi) is 4.14. The Bertz CT molecular complexity index is 461. The van der Waals surface area contributed by atoms with Crippen LogP contribution in [0.25, 0.3) is 0 Å². The average molecular weight is 287 g/mol. The van der Waals surface area contributed by atoms with Gasteiger partial charge in [-0.25, -0.2) is 4.98 Å². The molecule has 0 aliphatic carbocycles. The highest BCUT2D eigenvalue weighted by molar-refractivity contribution is 7.99. The molecule has 0 spiro atoms. The predicted octanol–water partition coefficient (Wildman–Crippen LogP) is 1.64. The van der Waals surface area contributed by atoms with Crippen molar-refractivity contribution < 1.29 is 9.90 Å². The van der Waals surface area contributed by atoms with Crippen LogP contribution in [0.2, 0.25) is 5.15 Å². The van der Waals surface area contributed by atoms with E-state index in [1.54, 1.807) is 30.8 Å². The molecule has 0 radical (unpaired) electrons. The van der Waals surface area contributed by atoms with Crippen molar-refractivity contribution in [1.29, 1.82) is 0 Å². The Balaban J connectivity index is 1.99. The lowest BCUT2D eigenvalue weighted by Gasteiger charge is -2.21. The van der Waals surface area contributed by atoms with Crippen molar-refractivity contribution in [2.75, 3.05) is 18.1 Å². The quantitative estimate of drug-likeness (QED) is 0.829. The maximum absolute atomic E-state index is 12.0. The number of thioether (sulfide) groups is 1. The lowest BCUT2D eigenvalue weighted by Crippen LogP contribution is -2.43. The fraction of sp³-hybridized carbons (Fsp3) is 0.500. The molecule has 1 amide bonds. The molecule has 1 aliphatic heterocycles. The monoisotopic (exact) mass is 286 g/mol. The van der Waals surface area contributed by atoms with Gasteiger partial charge in [-0.3, -0.25) is 4.79 Å². The molecule has 2 N–H and O–H groups in total. The summed E-state index contributed by atoms with van der Waals surface area (Å²) in [4.78, 5) is 16.0. The number of nitrogens with zero attached hydrogens (tertiary/aromatic N) is 1. The largest absolute Gasteiger partial charge is 0.387 e. The number of nitrogens with one attached hydrogen (secondary N) is 1. The van der Waals surface area contributed by atoms with Gasteiger partial charge in [-0.1, -0.05) is 11.6 Å². The third kappa shape index (κ3) is 3.16. The number of aliphatic hydroxyl groups is 1. The van der Waals surface area contributed by atoms with Gasteiger partial charge >= 0.3 is 0 Å². The molecule has 1 aliphatic rings. The third-order valence-corrected chi connectivity index (χ3v) is 4.40. The summed E-state index contributed by atoms with van der Waals surface area (Å²) >= 11 is 7.44. The van der Waals surface area contributed by atoms with Crippen LogP contribution in [-0.2, 0) is 0 Å². The maximum atomic E-state index is 12.0. The normalized spacial score (nSPS) is 23.1. The van der Waals surface area contributed by atoms with Gasteiger partial charge in [0, 0.05) is 12.3 Å². The molecule has 18 heavy (non-hydrogen) atoms. The van der Waals surface area contributed by atoms with Crippen LogP contribution in [0.5, 0.6) is 0 Å². The summed E-state index contributed by atoms with van der Waals surface area (Å²) in [5, 5.41) is 13.3. The van der Waals surface area contributed by atoms with E-state index in [1.807, 2.05) is 0 Å². The zero-order valence-corrected chi connectivity index (χ0v) is 11.6. The Morgan fingerprint density at radius 2 is 2.44 bits per heavy atom. The van der Waals surface area contributed by atoms with E-state index in [4.69, 9.17) is 11.6 Å². The van der Waals surface area contributed by atoms with E-state index in [9.17, 15) is 9.90 Å². The minimum atomic E-state index is -0.770. The average Bonchev–Trinajstić information content (AvgIpc) is 2.74. The first kappa shape index (κ1) is 13.6. The van der Waals surface area contributed by atoms with Gasteiger partial charge in [-0.05, 0) is 31.2 Å². The molecular formula is C12H15ClN2O2S. The van der Waals surface area contributed by atoms with Gasteiger partial charge in [0.15, 0.2) is 0 Å². The van der Waals surface area contributed by atoms with E-state index in [-0.39, 0.29) is 12.5 Å². The number of hydrogen-bond donors (Lipinski definition) is 2. The zero-order valence-electron chi connectivity index (χ0n) is 10.1. The summed E-state index contributed by atoms with van der Waals surface area (Å²) in [6.45, 7) is 2.02. The van der Waals surface area contributed by atoms with Crippen molar-refractivity contribution in [1.82, 2.24) is 10.3 Å². The number of pyridine rings is 1. The van der Waals surface area contributed by atoms with Crippen molar-refractivity contribution in [3.8, 4) is 0 Å². The SMILES string of the molecule is Cc1nc(Cl)ccc1C(=O)NCC1(O)CCSC1. The molecule has 1 fully saturated rings. The van der Waals surface area contributed by atoms with Crippen LogP contribution in [0.15, 0.2) is 12.1 Å². The second-order valence-corrected chi connectivity index (χ2v) is 5.97. The summed E-state index contributed by atoms with van der Waals surface area (Å²) in [5.74, 6) is 1.39. The first-order valence-corrected chi connectivity index (χ1v) is 7.25. The predicted molar refractivity (Wildman–Crippen MR) is 73.2 cm³/mol. The molecule has 2 rings (SSSR count). The molecule has 4 nitrogen and oxygen atoms in total. The minimum Gasteiger partial charge on any atom is -0.387 e. The number of hydrogen-bond acceptors (Lipinski definition) is 4. The van der Waals surface area contributed by atoms with Gasteiger partial charge in [0.2, 0.25) is 0 Å². The van der Waals surface area contributed by atoms with Gasteiger partial charge < -0.3 is 10.4 Å². The van der Waals surface area contributed by atoms with Crippen molar-refractivity contribution in [3.63, 3.8) is 0 Å². The highest BCUT2D eigenvalue weighted by Crippen LogP contribution is 2.27. The Labute approximate surface area is 115 Å². The first-order chi connectivity index (χ1) is 8.50. The van der Waals surface area contributed by atoms with E-state index >= 15 is 0 Å². The van der Waals surface area contributed by atoms with E-state index in [0.29, 0.717) is 22.2 Å². The number of aromatic nitrogens is 1. The van der Waals surface area contributed by atoms with Crippen LogP contribution < -0.4 is 5.32 Å². The van der Waals surface area contributed by atoms with Crippen LogP contribution in [0.1, 0.15) is 22.5 Å². The molecule has 98 valence electrons. The highest BCUT2D eigenvalue weighted by atomic mass is 35.5. The number of carbonyl (C=O) groups is 1. The Morgan fingerprint density at radius 1 is 1.67 bits per heavy atom.